The third kappa shape index (κ3) is 15.9. The number of non-ortho nitro benzene ring substituents is 1. The van der Waals surface area contributed by atoms with E-state index in [9.17, 15) is 38.9 Å². The number of carbonyl (C=O) groups excluding carboxylic acids is 6. The van der Waals surface area contributed by atoms with Crippen LogP contribution in [0.5, 0.6) is 11.5 Å². The molecule has 0 saturated carbocycles. The maximum absolute atomic E-state index is 13.0. The van der Waals surface area contributed by atoms with Crippen LogP contribution in [-0.2, 0) is 79.6 Å². The van der Waals surface area contributed by atoms with Crippen molar-refractivity contribution in [2.45, 2.75) is 76.8 Å². The zero-order valence-electron chi connectivity index (χ0n) is 40.5. The summed E-state index contributed by atoms with van der Waals surface area (Å²) in [5.41, 5.74) is 5.26. The number of nitro benzene ring substituents is 1. The Labute approximate surface area is 419 Å². The SMILES string of the molecule is COC(=O)[C@H]1O[C@@H](Oc2cc(CCCOCCOCCOCCNC(=O)OCC3c4ccccc4-c4ccccc43)ccc2COC(=O)Oc2ccc([N+](=O)[O-])cc2)[C@H](OC(C)=O)[C@@H](OC(C)=O)[C@@H]1OC(C)=O. The number of rotatable bonds is 25. The van der Waals surface area contributed by atoms with Crippen LogP contribution in [0, 0.1) is 10.1 Å². The fourth-order valence-electron chi connectivity index (χ4n) is 7.98. The van der Waals surface area contributed by atoms with Crippen molar-refractivity contribution in [3.8, 4) is 22.6 Å². The van der Waals surface area contributed by atoms with E-state index in [-0.39, 0.29) is 48.4 Å². The first-order chi connectivity index (χ1) is 35.2. The molecule has 0 unspecified atom stereocenters. The van der Waals surface area contributed by atoms with Crippen LogP contribution >= 0.6 is 0 Å². The van der Waals surface area contributed by atoms with E-state index in [2.05, 4.69) is 29.6 Å². The Morgan fingerprint density at radius 2 is 1.27 bits per heavy atom. The summed E-state index contributed by atoms with van der Waals surface area (Å²) < 4.78 is 66.4. The van der Waals surface area contributed by atoms with Gasteiger partial charge in [-0.05, 0) is 58.9 Å². The number of benzene rings is 4. The molecule has 6 rings (SSSR count). The topological polar surface area (TPSA) is 268 Å². The van der Waals surface area contributed by atoms with Crippen molar-refractivity contribution in [3.05, 3.63) is 123 Å². The molecule has 2 aliphatic rings. The Kier molecular flexibility index (Phi) is 20.4. The van der Waals surface area contributed by atoms with E-state index < -0.39 is 78.4 Å². The zero-order chi connectivity index (χ0) is 52.3. The maximum Gasteiger partial charge on any atom is 0.514 e. The number of alkyl carbamates (subject to hydrolysis) is 1. The summed E-state index contributed by atoms with van der Waals surface area (Å²) in [7, 11) is 1.05. The third-order valence-corrected chi connectivity index (χ3v) is 11.2. The van der Waals surface area contributed by atoms with E-state index in [0.717, 1.165) is 62.3 Å². The fourth-order valence-corrected chi connectivity index (χ4v) is 7.98. The highest BCUT2D eigenvalue weighted by Crippen LogP contribution is 2.44. The van der Waals surface area contributed by atoms with Gasteiger partial charge in [0.15, 0.2) is 18.3 Å². The molecule has 4 aromatic rings. The third-order valence-electron chi connectivity index (χ3n) is 11.2. The molecule has 1 saturated heterocycles. The predicted molar refractivity (Wildman–Crippen MR) is 252 cm³/mol. The molecule has 0 bridgehead atoms. The highest BCUT2D eigenvalue weighted by molar-refractivity contribution is 5.79. The largest absolute Gasteiger partial charge is 0.514 e. The summed E-state index contributed by atoms with van der Waals surface area (Å²) in [5.74, 6) is -3.75. The number of methoxy groups -OCH3 is 1. The van der Waals surface area contributed by atoms with Gasteiger partial charge in [0.2, 0.25) is 12.4 Å². The van der Waals surface area contributed by atoms with Gasteiger partial charge in [-0.1, -0.05) is 60.7 Å². The Morgan fingerprint density at radius 1 is 0.685 bits per heavy atom. The molecule has 390 valence electrons. The van der Waals surface area contributed by atoms with Crippen LogP contribution in [0.4, 0.5) is 15.3 Å². The van der Waals surface area contributed by atoms with E-state index in [0.29, 0.717) is 51.4 Å². The van der Waals surface area contributed by atoms with Gasteiger partial charge in [0.25, 0.3) is 5.69 Å². The molecule has 1 heterocycles. The molecular weight excluding hydrogens is 961 g/mol. The van der Waals surface area contributed by atoms with E-state index in [1.165, 1.54) is 12.1 Å². The van der Waals surface area contributed by atoms with Crippen LogP contribution in [-0.4, -0.2) is 132 Å². The molecule has 0 spiro atoms. The van der Waals surface area contributed by atoms with E-state index in [1.54, 1.807) is 18.2 Å². The Balaban J connectivity index is 0.975. The molecular formula is C51H56N2O20. The number of carbonyl (C=O) groups is 6. The highest BCUT2D eigenvalue weighted by Gasteiger charge is 2.56. The number of ether oxygens (including phenoxy) is 12. The summed E-state index contributed by atoms with van der Waals surface area (Å²) in [6.45, 7) is 4.96. The average Bonchev–Trinajstić information content (AvgIpc) is 3.68. The molecule has 0 radical (unpaired) electrons. The Morgan fingerprint density at radius 3 is 1.89 bits per heavy atom. The minimum absolute atomic E-state index is 0.00321. The minimum atomic E-state index is -1.74. The summed E-state index contributed by atoms with van der Waals surface area (Å²) in [6.07, 6.45) is -9.09. The van der Waals surface area contributed by atoms with Gasteiger partial charge in [-0.15, -0.1) is 0 Å². The molecule has 22 heteroatoms. The number of nitrogens with one attached hydrogen (secondary N) is 1. The van der Waals surface area contributed by atoms with E-state index in [4.69, 9.17) is 56.8 Å². The van der Waals surface area contributed by atoms with Crippen LogP contribution in [0.1, 0.15) is 55.4 Å². The summed E-state index contributed by atoms with van der Waals surface area (Å²) in [4.78, 5) is 85.6. The smallest absolute Gasteiger partial charge is 0.467 e. The van der Waals surface area contributed by atoms with Crippen molar-refractivity contribution in [2.24, 2.45) is 0 Å². The molecule has 1 aliphatic carbocycles. The van der Waals surface area contributed by atoms with Crippen molar-refractivity contribution in [1.29, 1.82) is 0 Å². The van der Waals surface area contributed by atoms with Crippen LogP contribution in [0.3, 0.4) is 0 Å². The number of nitrogens with zero attached hydrogens (tertiary/aromatic N) is 1. The number of hydrogen-bond donors (Lipinski definition) is 1. The van der Waals surface area contributed by atoms with Crippen molar-refractivity contribution >= 4 is 41.8 Å². The summed E-state index contributed by atoms with van der Waals surface area (Å²) >= 11 is 0. The maximum atomic E-state index is 13.0. The number of esters is 4. The predicted octanol–water partition coefficient (Wildman–Crippen LogP) is 5.90. The van der Waals surface area contributed by atoms with Gasteiger partial charge in [0, 0.05) is 57.5 Å². The van der Waals surface area contributed by atoms with Gasteiger partial charge in [0.1, 0.15) is 24.7 Å². The molecule has 22 nitrogen and oxygen atoms in total. The molecule has 73 heavy (non-hydrogen) atoms. The van der Waals surface area contributed by atoms with Gasteiger partial charge in [-0.2, -0.15) is 0 Å². The first-order valence-corrected chi connectivity index (χ1v) is 23.2. The normalized spacial score (nSPS) is 17.7. The number of hydrogen-bond acceptors (Lipinski definition) is 20. The average molecular weight is 1020 g/mol. The van der Waals surface area contributed by atoms with Crippen molar-refractivity contribution in [1.82, 2.24) is 5.32 Å². The van der Waals surface area contributed by atoms with Crippen molar-refractivity contribution in [3.63, 3.8) is 0 Å². The molecule has 1 amide bonds. The first kappa shape index (κ1) is 54.7. The lowest BCUT2D eigenvalue weighted by molar-refractivity contribution is -0.384. The Bertz CT molecular complexity index is 2510. The van der Waals surface area contributed by atoms with Gasteiger partial charge in [-0.3, -0.25) is 24.5 Å². The monoisotopic (exact) mass is 1020 g/mol. The molecule has 1 fully saturated rings. The lowest BCUT2D eigenvalue weighted by Crippen LogP contribution is -2.64. The van der Waals surface area contributed by atoms with Crippen LogP contribution in [0.2, 0.25) is 0 Å². The standard InChI is InChI=1S/C51H56N2O20/c1-31(54)68-44-45(69-32(2)55)47(70-33(3)56)49(73-46(44)48(57)62-4)72-43-28-34(15-16-35(43)29-67-51(59)71-37-19-17-36(18-20-37)53(60)61)10-9-22-63-24-26-65-27-25-64-23-21-52-50(58)66-30-42-40-13-7-5-11-38(40)39-12-6-8-14-41(39)42/h5-8,11-20,28,42,44-47,49H,9-10,21-27,29-30H2,1-4H3,(H,52,58)/t44-,45-,46-,47+,49+/m0/s1. The summed E-state index contributed by atoms with van der Waals surface area (Å²) in [6, 6.07) is 25.8. The molecule has 5 atom stereocenters. The first-order valence-electron chi connectivity index (χ1n) is 23.2. The van der Waals surface area contributed by atoms with Gasteiger partial charge in [-0.25, -0.2) is 14.4 Å². The van der Waals surface area contributed by atoms with Crippen LogP contribution in [0.15, 0.2) is 91.0 Å². The number of nitro groups is 1. The molecule has 1 N–H and O–H groups in total. The van der Waals surface area contributed by atoms with Crippen molar-refractivity contribution < 1.29 is 90.5 Å². The molecule has 4 aromatic carbocycles. The van der Waals surface area contributed by atoms with Gasteiger partial charge >= 0.3 is 36.1 Å². The fraction of sp³-hybridized carbons (Fsp3) is 0.412. The van der Waals surface area contributed by atoms with E-state index in [1.807, 2.05) is 24.3 Å². The second-order valence-corrected chi connectivity index (χ2v) is 16.3. The second-order valence-electron chi connectivity index (χ2n) is 16.3. The number of aryl methyl sites for hydroxylation is 1. The van der Waals surface area contributed by atoms with E-state index >= 15 is 0 Å². The lowest BCUT2D eigenvalue weighted by Gasteiger charge is -2.43. The Hall–Kier alpha value is -7.66. The van der Waals surface area contributed by atoms with Gasteiger partial charge in [0.05, 0.1) is 45.1 Å². The number of fused-ring (bicyclic) bond motifs is 3. The lowest BCUT2D eigenvalue weighted by atomic mass is 9.97. The molecule has 0 aromatic heterocycles. The van der Waals surface area contributed by atoms with Gasteiger partial charge < -0.3 is 62.2 Å². The number of amides is 1. The molecule has 1 aliphatic heterocycles. The van der Waals surface area contributed by atoms with Crippen LogP contribution in [0.25, 0.3) is 11.1 Å². The minimum Gasteiger partial charge on any atom is -0.467 e. The second kappa shape index (κ2) is 27.2. The highest BCUT2D eigenvalue weighted by atomic mass is 16.7. The summed E-state index contributed by atoms with van der Waals surface area (Å²) in [5, 5.41) is 13.8. The van der Waals surface area contributed by atoms with Crippen molar-refractivity contribution in [2.75, 3.05) is 59.9 Å². The van der Waals surface area contributed by atoms with Crippen LogP contribution < -0.4 is 14.8 Å². The zero-order valence-corrected chi connectivity index (χ0v) is 40.5. The quantitative estimate of drug-likeness (QED) is 0.0202.